The number of amides is 5. The Labute approximate surface area is 282 Å². The molecule has 1 fully saturated rings. The van der Waals surface area contributed by atoms with E-state index in [4.69, 9.17) is 17.3 Å². The molecule has 7 N–H and O–H groups in total. The van der Waals surface area contributed by atoms with Gasteiger partial charge >= 0.3 is 5.97 Å². The van der Waals surface area contributed by atoms with E-state index in [0.717, 1.165) is 16.3 Å². The lowest BCUT2D eigenvalue weighted by molar-refractivity contribution is -0.146. The Hall–Kier alpha value is -4.98. The second-order valence-corrected chi connectivity index (χ2v) is 12.0. The van der Waals surface area contributed by atoms with Crippen LogP contribution in [0.5, 0.6) is 0 Å². The predicted molar refractivity (Wildman–Crippen MR) is 176 cm³/mol. The quantitative estimate of drug-likeness (QED) is 0.120. The highest BCUT2D eigenvalue weighted by molar-refractivity contribution is 6.27. The van der Waals surface area contributed by atoms with Crippen LogP contribution in [-0.2, 0) is 41.6 Å². The Bertz CT molecular complexity index is 1620. The van der Waals surface area contributed by atoms with Crippen molar-refractivity contribution in [1.82, 2.24) is 30.8 Å². The fourth-order valence-electron chi connectivity index (χ4n) is 5.78. The smallest absolute Gasteiger partial charge is 0.303 e. The highest BCUT2D eigenvalue weighted by Crippen LogP contribution is 2.21. The topological polar surface area (TPSA) is 217 Å². The van der Waals surface area contributed by atoms with Gasteiger partial charge in [0.05, 0.1) is 6.33 Å². The van der Waals surface area contributed by atoms with Gasteiger partial charge in [-0.3, -0.25) is 28.8 Å². The van der Waals surface area contributed by atoms with E-state index in [9.17, 15) is 33.9 Å². The van der Waals surface area contributed by atoms with Crippen molar-refractivity contribution in [3.05, 3.63) is 66.2 Å². The number of benzene rings is 2. The molecule has 0 aliphatic carbocycles. The molecular weight excluding hydrogens is 642 g/mol. The van der Waals surface area contributed by atoms with Crippen molar-refractivity contribution < 1.29 is 33.9 Å². The van der Waals surface area contributed by atoms with Crippen LogP contribution in [0.4, 0.5) is 0 Å². The molecule has 14 nitrogen and oxygen atoms in total. The molecule has 3 aromatic rings. The van der Waals surface area contributed by atoms with Gasteiger partial charge in [-0.1, -0.05) is 42.5 Å². The lowest BCUT2D eigenvalue weighted by atomic mass is 9.97. The maximum Gasteiger partial charge on any atom is 0.303 e. The minimum atomic E-state index is -1.20. The summed E-state index contributed by atoms with van der Waals surface area (Å²) in [6, 6.07) is 9.37. The fourth-order valence-corrected chi connectivity index (χ4v) is 5.86. The Balaban J connectivity index is 1.54. The molecule has 4 atom stereocenters. The molecule has 1 saturated heterocycles. The number of nitrogens with two attached hydrogens (primary N) is 1. The number of piperidine rings is 1. The summed E-state index contributed by atoms with van der Waals surface area (Å²) in [4.78, 5) is 85.0. The third kappa shape index (κ3) is 10.0. The first kappa shape index (κ1) is 35.9. The minimum absolute atomic E-state index is 0.0586. The van der Waals surface area contributed by atoms with Crippen LogP contribution in [0.15, 0.2) is 55.0 Å². The zero-order valence-electron chi connectivity index (χ0n) is 26.3. The van der Waals surface area contributed by atoms with Crippen LogP contribution in [0.2, 0.25) is 0 Å². The van der Waals surface area contributed by atoms with Gasteiger partial charge < -0.3 is 36.7 Å². The number of carboxylic acid groups (broad SMARTS) is 1. The predicted octanol–water partition coefficient (Wildman–Crippen LogP) is 1.16. The number of fused-ring (bicyclic) bond motifs is 1. The van der Waals surface area contributed by atoms with Crippen molar-refractivity contribution in [3.63, 3.8) is 0 Å². The number of halogens is 1. The number of rotatable bonds is 16. The monoisotopic (exact) mass is 681 g/mol. The van der Waals surface area contributed by atoms with E-state index in [1.165, 1.54) is 17.4 Å². The number of aryl methyl sites for hydroxylation is 1. The summed E-state index contributed by atoms with van der Waals surface area (Å²) in [6.07, 6.45) is 4.49. The first-order valence-corrected chi connectivity index (χ1v) is 16.3. The zero-order chi connectivity index (χ0) is 34.6. The second-order valence-electron chi connectivity index (χ2n) is 11.8. The molecule has 5 amide bonds. The van der Waals surface area contributed by atoms with Crippen molar-refractivity contribution in [1.29, 1.82) is 0 Å². The standard InChI is InChI=1S/C33H40ClN7O7/c34-17-28(42)38-25(12-13-29(43)44)33(48)41-14-4-3-7-27(41)32(47)39-24(11-9-20-8-10-21-5-1-2-6-22(21)15-20)31(46)40-26(30(35)45)16-23-18-36-19-37-23/h1-2,5-6,8,10,15,18-19,24-27H,3-4,7,9,11-14,16-17H2,(H2,35,45)(H,36,37)(H,38,42)(H,39,47)(H,40,46)(H,43,44)/t24-,25-,26-,27-/m0/s1. The number of carboxylic acids is 1. The molecule has 2 heterocycles. The van der Waals surface area contributed by atoms with E-state index in [-0.39, 0.29) is 38.6 Å². The van der Waals surface area contributed by atoms with E-state index in [2.05, 4.69) is 25.9 Å². The number of imidazole rings is 1. The van der Waals surface area contributed by atoms with Crippen molar-refractivity contribution in [2.75, 3.05) is 12.4 Å². The molecule has 0 bridgehead atoms. The number of nitrogens with one attached hydrogen (secondary N) is 4. The van der Waals surface area contributed by atoms with Gasteiger partial charge in [-0.15, -0.1) is 11.6 Å². The summed E-state index contributed by atoms with van der Waals surface area (Å²) in [5.41, 5.74) is 7.11. The van der Waals surface area contributed by atoms with Gasteiger partial charge in [-0.05, 0) is 54.9 Å². The van der Waals surface area contributed by atoms with Crippen molar-refractivity contribution in [2.24, 2.45) is 5.73 Å². The number of likely N-dealkylation sites (tertiary alicyclic amines) is 1. The molecule has 0 spiro atoms. The van der Waals surface area contributed by atoms with Gasteiger partial charge in [-0.25, -0.2) is 4.98 Å². The Morgan fingerprint density at radius 2 is 1.75 bits per heavy atom. The normalized spacial score (nSPS) is 16.4. The molecule has 2 aromatic carbocycles. The molecule has 15 heteroatoms. The zero-order valence-corrected chi connectivity index (χ0v) is 27.1. The van der Waals surface area contributed by atoms with E-state index < -0.39 is 65.6 Å². The van der Waals surface area contributed by atoms with Gasteiger partial charge in [0.2, 0.25) is 29.5 Å². The van der Waals surface area contributed by atoms with Crippen molar-refractivity contribution in [2.45, 2.75) is 75.5 Å². The van der Waals surface area contributed by atoms with E-state index in [1.54, 1.807) is 0 Å². The fraction of sp³-hybridized carbons (Fsp3) is 0.424. The molecular formula is C33H40ClN7O7. The third-order valence-corrected chi connectivity index (χ3v) is 8.54. The van der Waals surface area contributed by atoms with E-state index in [0.29, 0.717) is 25.0 Å². The SMILES string of the molecule is NC(=O)[C@H](Cc1cnc[nH]1)NC(=O)[C@H](CCc1ccc2ccccc2c1)NC(=O)[C@@H]1CCCCN1C(=O)[C@H](CCC(=O)O)NC(=O)CCl. The number of carbonyl (C=O) groups excluding carboxylic acids is 5. The van der Waals surface area contributed by atoms with Gasteiger partial charge in [0, 0.05) is 31.3 Å². The number of aromatic amines is 1. The number of H-pyrrole nitrogens is 1. The molecule has 1 aliphatic rings. The van der Waals surface area contributed by atoms with Crippen molar-refractivity contribution >= 4 is 57.9 Å². The molecule has 256 valence electrons. The first-order chi connectivity index (χ1) is 23.0. The lowest BCUT2D eigenvalue weighted by Crippen LogP contribution is -2.60. The van der Waals surface area contributed by atoms with Crippen LogP contribution in [0, 0.1) is 0 Å². The maximum atomic E-state index is 13.9. The Morgan fingerprint density at radius 3 is 2.44 bits per heavy atom. The maximum absolute atomic E-state index is 13.9. The molecule has 1 aliphatic heterocycles. The number of primary amides is 1. The molecule has 0 radical (unpaired) electrons. The first-order valence-electron chi connectivity index (χ1n) is 15.8. The number of nitrogens with zero attached hydrogens (tertiary/aromatic N) is 2. The number of hydrogen-bond acceptors (Lipinski definition) is 7. The average molecular weight is 682 g/mol. The summed E-state index contributed by atoms with van der Waals surface area (Å²) in [7, 11) is 0. The minimum Gasteiger partial charge on any atom is -0.481 e. The third-order valence-electron chi connectivity index (χ3n) is 8.30. The summed E-state index contributed by atoms with van der Waals surface area (Å²) in [5.74, 6) is -4.83. The van der Waals surface area contributed by atoms with Crippen LogP contribution in [0.3, 0.4) is 0 Å². The van der Waals surface area contributed by atoms with Crippen LogP contribution >= 0.6 is 11.6 Å². The number of hydrogen-bond donors (Lipinski definition) is 6. The van der Waals surface area contributed by atoms with Gasteiger partial charge in [-0.2, -0.15) is 0 Å². The highest BCUT2D eigenvalue weighted by Gasteiger charge is 2.38. The van der Waals surface area contributed by atoms with Crippen LogP contribution in [0.25, 0.3) is 10.8 Å². The van der Waals surface area contributed by atoms with Crippen LogP contribution < -0.4 is 21.7 Å². The number of alkyl halides is 1. The Kier molecular flexibility index (Phi) is 12.9. The molecule has 48 heavy (non-hydrogen) atoms. The Morgan fingerprint density at radius 1 is 0.979 bits per heavy atom. The number of aliphatic carboxylic acids is 1. The molecule has 4 rings (SSSR count). The largest absolute Gasteiger partial charge is 0.481 e. The average Bonchev–Trinajstić information content (AvgIpc) is 3.60. The molecule has 1 aromatic heterocycles. The summed E-state index contributed by atoms with van der Waals surface area (Å²) in [6.45, 7) is 0.194. The second kappa shape index (κ2) is 17.3. The summed E-state index contributed by atoms with van der Waals surface area (Å²) < 4.78 is 0. The van der Waals surface area contributed by atoms with Crippen LogP contribution in [-0.4, -0.2) is 92.1 Å². The van der Waals surface area contributed by atoms with E-state index in [1.807, 2.05) is 42.5 Å². The van der Waals surface area contributed by atoms with Gasteiger partial charge in [0.1, 0.15) is 30.0 Å². The summed E-state index contributed by atoms with van der Waals surface area (Å²) >= 11 is 5.62. The molecule has 0 saturated carbocycles. The van der Waals surface area contributed by atoms with E-state index >= 15 is 0 Å². The van der Waals surface area contributed by atoms with Gasteiger partial charge in [0.25, 0.3) is 0 Å². The molecule has 0 unspecified atom stereocenters. The number of carbonyl (C=O) groups is 6. The number of aromatic nitrogens is 2. The summed E-state index contributed by atoms with van der Waals surface area (Å²) in [5, 5.41) is 19.2. The van der Waals surface area contributed by atoms with Gasteiger partial charge in [0.15, 0.2) is 0 Å². The lowest BCUT2D eigenvalue weighted by Gasteiger charge is -2.37. The van der Waals surface area contributed by atoms with Crippen molar-refractivity contribution in [3.8, 4) is 0 Å². The highest BCUT2D eigenvalue weighted by atomic mass is 35.5. The van der Waals surface area contributed by atoms with Crippen LogP contribution in [0.1, 0.15) is 49.8 Å².